The molecular formula is C15H13ClN2O3S. The summed E-state index contributed by atoms with van der Waals surface area (Å²) in [7, 11) is -2.27. The first-order valence-corrected chi connectivity index (χ1v) is 8.30. The van der Waals surface area contributed by atoms with E-state index < -0.39 is 10.0 Å². The van der Waals surface area contributed by atoms with Gasteiger partial charge in [0.05, 0.1) is 28.2 Å². The van der Waals surface area contributed by atoms with Gasteiger partial charge in [0.1, 0.15) is 5.75 Å². The van der Waals surface area contributed by atoms with Gasteiger partial charge in [-0.25, -0.2) is 8.42 Å². The van der Waals surface area contributed by atoms with Crippen LogP contribution < -0.4 is 9.46 Å². The topological polar surface area (TPSA) is 71.2 Å². The van der Waals surface area contributed by atoms with Crippen LogP contribution in [0.2, 0.25) is 5.02 Å². The number of fused-ring (bicyclic) bond motifs is 1. The van der Waals surface area contributed by atoms with Crippen LogP contribution in [-0.2, 0) is 10.0 Å². The van der Waals surface area contributed by atoms with Gasteiger partial charge in [-0.2, -0.15) is 0 Å². The number of rotatable bonds is 4. The Morgan fingerprint density at radius 3 is 2.73 bits per heavy atom. The van der Waals surface area contributed by atoms with E-state index in [9.17, 15) is 8.42 Å². The maximum absolute atomic E-state index is 12.5. The zero-order valence-electron chi connectivity index (χ0n) is 11.6. The summed E-state index contributed by atoms with van der Waals surface area (Å²) in [5, 5.41) is 1.16. The van der Waals surface area contributed by atoms with Crippen molar-refractivity contribution in [2.75, 3.05) is 11.8 Å². The molecule has 0 amide bonds. The molecule has 0 saturated heterocycles. The van der Waals surface area contributed by atoms with Crippen molar-refractivity contribution in [3.05, 3.63) is 53.7 Å². The highest BCUT2D eigenvalue weighted by molar-refractivity contribution is 7.92. The van der Waals surface area contributed by atoms with Crippen molar-refractivity contribution in [2.24, 2.45) is 0 Å². The molecule has 0 unspecified atom stereocenters. The molecule has 0 saturated carbocycles. The number of methoxy groups -OCH3 is 1. The van der Waals surface area contributed by atoms with Gasteiger partial charge >= 0.3 is 0 Å². The second-order valence-corrected chi connectivity index (χ2v) is 6.74. The lowest BCUT2D eigenvalue weighted by Crippen LogP contribution is -2.13. The Balaban J connectivity index is 2.00. The van der Waals surface area contributed by atoms with Gasteiger partial charge in [0.15, 0.2) is 0 Å². The number of sulfonamides is 1. The molecule has 0 aliphatic heterocycles. The number of ether oxygens (including phenoxy) is 1. The van der Waals surface area contributed by atoms with E-state index in [1.807, 2.05) is 12.1 Å². The molecule has 2 N–H and O–H groups in total. The third-order valence-electron chi connectivity index (χ3n) is 3.27. The van der Waals surface area contributed by atoms with Gasteiger partial charge in [0, 0.05) is 11.6 Å². The summed E-state index contributed by atoms with van der Waals surface area (Å²) in [4.78, 5) is 3.09. The number of aromatic amines is 1. The van der Waals surface area contributed by atoms with E-state index >= 15 is 0 Å². The first-order valence-electron chi connectivity index (χ1n) is 6.44. The zero-order valence-corrected chi connectivity index (χ0v) is 13.2. The van der Waals surface area contributed by atoms with Gasteiger partial charge < -0.3 is 9.72 Å². The van der Waals surface area contributed by atoms with Gasteiger partial charge in [0.25, 0.3) is 10.0 Å². The normalized spacial score (nSPS) is 11.5. The number of nitrogens with one attached hydrogen (secondary N) is 2. The lowest BCUT2D eigenvalue weighted by molar-refractivity contribution is 0.414. The summed E-state index contributed by atoms with van der Waals surface area (Å²) in [6.07, 6.45) is 1.76. The standard InChI is InChI=1S/C15H13ClN2O3S/c1-21-14-6-5-11(9-12(14)16)22(19,20)18-13-4-2-3-10-7-8-17-15(10)13/h2-9,17-18H,1H3. The summed E-state index contributed by atoms with van der Waals surface area (Å²) in [6.45, 7) is 0. The summed E-state index contributed by atoms with van der Waals surface area (Å²) >= 11 is 5.99. The molecule has 0 aliphatic carbocycles. The van der Waals surface area contributed by atoms with Crippen LogP contribution in [0, 0.1) is 0 Å². The highest BCUT2D eigenvalue weighted by atomic mass is 35.5. The fraction of sp³-hybridized carbons (Fsp3) is 0.0667. The van der Waals surface area contributed by atoms with E-state index in [2.05, 4.69) is 9.71 Å². The Hall–Kier alpha value is -2.18. The average Bonchev–Trinajstić information content (AvgIpc) is 2.96. The van der Waals surface area contributed by atoms with Crippen LogP contribution in [0.1, 0.15) is 0 Å². The second-order valence-electron chi connectivity index (χ2n) is 4.65. The molecule has 0 bridgehead atoms. The van der Waals surface area contributed by atoms with Crippen molar-refractivity contribution in [1.29, 1.82) is 0 Å². The average molecular weight is 337 g/mol. The molecule has 3 aromatic rings. The van der Waals surface area contributed by atoms with Crippen molar-refractivity contribution in [1.82, 2.24) is 4.98 Å². The van der Waals surface area contributed by atoms with Crippen LogP contribution in [0.25, 0.3) is 10.9 Å². The van der Waals surface area contributed by atoms with E-state index in [4.69, 9.17) is 16.3 Å². The molecule has 3 rings (SSSR count). The maximum atomic E-state index is 12.5. The lowest BCUT2D eigenvalue weighted by Gasteiger charge is -2.10. The second kappa shape index (κ2) is 5.55. The van der Waals surface area contributed by atoms with E-state index in [-0.39, 0.29) is 9.92 Å². The number of hydrogen-bond acceptors (Lipinski definition) is 3. The Labute approximate surface area is 132 Å². The van der Waals surface area contributed by atoms with Gasteiger partial charge in [-0.1, -0.05) is 23.7 Å². The Morgan fingerprint density at radius 1 is 1.18 bits per heavy atom. The third kappa shape index (κ3) is 2.63. The Kier molecular flexibility index (Phi) is 3.72. The molecule has 114 valence electrons. The third-order valence-corrected chi connectivity index (χ3v) is 4.92. The monoisotopic (exact) mass is 336 g/mol. The molecule has 2 aromatic carbocycles. The number of para-hydroxylation sites is 1. The van der Waals surface area contributed by atoms with Crippen molar-refractivity contribution in [3.63, 3.8) is 0 Å². The molecular weight excluding hydrogens is 324 g/mol. The number of H-pyrrole nitrogens is 1. The predicted octanol–water partition coefficient (Wildman–Crippen LogP) is 3.63. The number of benzene rings is 2. The quantitative estimate of drug-likeness (QED) is 0.764. The highest BCUT2D eigenvalue weighted by Gasteiger charge is 2.17. The van der Waals surface area contributed by atoms with Gasteiger partial charge in [0.2, 0.25) is 0 Å². The van der Waals surface area contributed by atoms with Crippen LogP contribution >= 0.6 is 11.6 Å². The fourth-order valence-electron chi connectivity index (χ4n) is 2.19. The van der Waals surface area contributed by atoms with E-state index in [0.29, 0.717) is 11.4 Å². The Bertz CT molecular complexity index is 935. The minimum absolute atomic E-state index is 0.0712. The number of aromatic nitrogens is 1. The molecule has 0 aliphatic rings. The zero-order chi connectivity index (χ0) is 15.7. The summed E-state index contributed by atoms with van der Waals surface area (Å²) in [5.74, 6) is 0.423. The largest absolute Gasteiger partial charge is 0.495 e. The molecule has 7 heteroatoms. The number of hydrogen-bond donors (Lipinski definition) is 2. The van der Waals surface area contributed by atoms with Crippen molar-refractivity contribution in [2.45, 2.75) is 4.90 Å². The number of halogens is 1. The molecule has 0 atom stereocenters. The SMILES string of the molecule is COc1ccc(S(=O)(=O)Nc2cccc3cc[nH]c23)cc1Cl. The maximum Gasteiger partial charge on any atom is 0.262 e. The smallest absolute Gasteiger partial charge is 0.262 e. The van der Waals surface area contributed by atoms with E-state index in [1.54, 1.807) is 18.3 Å². The number of anilines is 1. The van der Waals surface area contributed by atoms with Crippen LogP contribution in [0.4, 0.5) is 5.69 Å². The van der Waals surface area contributed by atoms with Crippen molar-refractivity contribution < 1.29 is 13.2 Å². The minimum Gasteiger partial charge on any atom is -0.495 e. The first kappa shape index (κ1) is 14.7. The summed E-state index contributed by atoms with van der Waals surface area (Å²) in [6, 6.07) is 11.6. The van der Waals surface area contributed by atoms with Crippen LogP contribution in [0.5, 0.6) is 5.75 Å². The fourth-order valence-corrected chi connectivity index (χ4v) is 3.61. The molecule has 0 radical (unpaired) electrons. The van der Waals surface area contributed by atoms with Gasteiger partial charge in [-0.05, 0) is 30.3 Å². The molecule has 1 heterocycles. The van der Waals surface area contributed by atoms with Crippen molar-refractivity contribution in [3.8, 4) is 5.75 Å². The first-order chi connectivity index (χ1) is 10.5. The molecule has 22 heavy (non-hydrogen) atoms. The summed E-state index contributed by atoms with van der Waals surface area (Å²) in [5.41, 5.74) is 1.21. The summed E-state index contributed by atoms with van der Waals surface area (Å²) < 4.78 is 32.6. The van der Waals surface area contributed by atoms with E-state index in [0.717, 1.165) is 10.9 Å². The Morgan fingerprint density at radius 2 is 2.00 bits per heavy atom. The van der Waals surface area contributed by atoms with E-state index in [1.165, 1.54) is 25.3 Å². The minimum atomic E-state index is -3.74. The van der Waals surface area contributed by atoms with Crippen LogP contribution in [0.15, 0.2) is 53.6 Å². The molecule has 1 aromatic heterocycles. The predicted molar refractivity (Wildman–Crippen MR) is 87.1 cm³/mol. The molecule has 5 nitrogen and oxygen atoms in total. The van der Waals surface area contributed by atoms with Crippen molar-refractivity contribution >= 4 is 38.2 Å². The van der Waals surface area contributed by atoms with Crippen LogP contribution in [-0.4, -0.2) is 20.5 Å². The molecule has 0 spiro atoms. The van der Waals surface area contributed by atoms with Gasteiger partial charge in [-0.3, -0.25) is 4.72 Å². The van der Waals surface area contributed by atoms with Crippen LogP contribution in [0.3, 0.4) is 0 Å². The lowest BCUT2D eigenvalue weighted by atomic mass is 10.2. The van der Waals surface area contributed by atoms with Gasteiger partial charge in [-0.15, -0.1) is 0 Å². The molecule has 0 fully saturated rings. The highest BCUT2D eigenvalue weighted by Crippen LogP contribution is 2.29.